The van der Waals surface area contributed by atoms with E-state index in [2.05, 4.69) is 0 Å². The number of rotatable bonds is 15. The second kappa shape index (κ2) is 20.2. The van der Waals surface area contributed by atoms with Gasteiger partial charge in [-0.15, -0.1) is 0 Å². The minimum atomic E-state index is -1.71. The van der Waals surface area contributed by atoms with Gasteiger partial charge < -0.3 is 56.8 Å². The van der Waals surface area contributed by atoms with Gasteiger partial charge in [-0.05, 0) is 12.1 Å². The highest BCUT2D eigenvalue weighted by Gasteiger charge is 2.55. The van der Waals surface area contributed by atoms with E-state index < -0.39 is 122 Å². The Kier molecular flexibility index (Phi) is 16.1. The molecular weight excluding hydrogens is 756 g/mol. The van der Waals surface area contributed by atoms with Gasteiger partial charge in [-0.2, -0.15) is 0 Å². The zero-order chi connectivity index (χ0) is 41.9. The van der Waals surface area contributed by atoms with Crippen molar-refractivity contribution in [3.63, 3.8) is 0 Å². The van der Waals surface area contributed by atoms with Crippen LogP contribution in [0, 0.1) is 0 Å². The molecule has 0 unspecified atom stereocenters. The molecule has 21 heteroatoms. The van der Waals surface area contributed by atoms with E-state index >= 15 is 0 Å². The van der Waals surface area contributed by atoms with Crippen LogP contribution in [-0.4, -0.2) is 129 Å². The van der Waals surface area contributed by atoms with Crippen LogP contribution in [0.25, 0.3) is 0 Å². The lowest BCUT2D eigenvalue weighted by molar-refractivity contribution is -0.289. The highest BCUT2D eigenvalue weighted by molar-refractivity contribution is 5.76. The van der Waals surface area contributed by atoms with Gasteiger partial charge in [-0.25, -0.2) is 0 Å². The maximum atomic E-state index is 12.3. The minimum absolute atomic E-state index is 0.103. The van der Waals surface area contributed by atoms with Gasteiger partial charge in [0.25, 0.3) is 0 Å². The fraction of sp³-hybridized carbons (Fsp3) is 0.571. The number of benzene rings is 1. The third-order valence-corrected chi connectivity index (χ3v) is 7.44. The fourth-order valence-corrected chi connectivity index (χ4v) is 5.63. The molecule has 21 nitrogen and oxygen atoms in total. The first-order valence-corrected chi connectivity index (χ1v) is 16.8. The van der Waals surface area contributed by atoms with E-state index in [1.54, 1.807) is 0 Å². The summed E-state index contributed by atoms with van der Waals surface area (Å²) in [7, 11) is 0. The van der Waals surface area contributed by atoms with Crippen LogP contribution >= 0.6 is 0 Å². The van der Waals surface area contributed by atoms with Gasteiger partial charge in [-0.3, -0.25) is 43.2 Å². The summed E-state index contributed by atoms with van der Waals surface area (Å²) in [4.78, 5) is 109. The van der Waals surface area contributed by atoms with Crippen molar-refractivity contribution in [2.75, 3.05) is 13.2 Å². The molecule has 1 aromatic rings. The number of esters is 8. The summed E-state index contributed by atoms with van der Waals surface area (Å²) in [5.41, 5.74) is -0.103. The summed E-state index contributed by atoms with van der Waals surface area (Å²) in [6.07, 6.45) is -15.2. The van der Waals surface area contributed by atoms with Gasteiger partial charge in [-0.1, -0.05) is 0 Å². The molecule has 2 fully saturated rings. The first kappa shape index (κ1) is 44.6. The number of carbonyl (C=O) groups is 9. The molecule has 2 aliphatic rings. The van der Waals surface area contributed by atoms with Crippen molar-refractivity contribution < 1.29 is 100.0 Å². The van der Waals surface area contributed by atoms with Gasteiger partial charge in [0.1, 0.15) is 43.2 Å². The van der Waals surface area contributed by atoms with Crippen LogP contribution in [0.15, 0.2) is 18.2 Å². The smallest absolute Gasteiger partial charge is 0.303 e. The third-order valence-electron chi connectivity index (χ3n) is 7.44. The SMILES string of the molecule is CC(=O)OC[C@H]1O[C@@H](Oc2cc(C=O)cc(O[C@@H]3O[C@H](COC(C)=O)[C@@H](OC(C)=O)[C@H](OC(C)=O)[C@H]3OC(C)=O)c2)[C@H](OC(C)=O)[C@@H](OC(C)=O)[C@@H]1OC(C)=O. The van der Waals surface area contributed by atoms with E-state index in [0.29, 0.717) is 6.29 Å². The summed E-state index contributed by atoms with van der Waals surface area (Å²) in [6.45, 7) is 7.32. The average molecular weight is 799 g/mol. The standard InChI is InChI=1S/C35H42O21/c1-15(37)45-13-26-28(47-17(3)39)30(49-19(5)41)32(51-21(7)43)34(55-26)53-24-9-23(12-36)10-25(11-24)54-35-33(52-22(8)44)31(50-20(6)42)29(48-18(4)40)27(56-35)14-46-16(2)38/h9-12,26-35H,13-14H2,1-8H3/t26-,27-,28-,29-,30+,31+,32-,33-,34-,35-/m1/s1. The van der Waals surface area contributed by atoms with Crippen molar-refractivity contribution in [1.29, 1.82) is 0 Å². The Bertz CT molecular complexity index is 1540. The van der Waals surface area contributed by atoms with E-state index in [-0.39, 0.29) is 17.1 Å². The highest BCUT2D eigenvalue weighted by Crippen LogP contribution is 2.35. The zero-order valence-corrected chi connectivity index (χ0v) is 31.6. The molecule has 0 radical (unpaired) electrons. The van der Waals surface area contributed by atoms with Crippen molar-refractivity contribution in [1.82, 2.24) is 0 Å². The average Bonchev–Trinajstić information content (AvgIpc) is 3.07. The topological polar surface area (TPSA) is 264 Å². The number of aldehydes is 1. The Morgan fingerprint density at radius 3 is 1.05 bits per heavy atom. The molecule has 0 N–H and O–H groups in total. The van der Waals surface area contributed by atoms with Crippen LogP contribution in [0.2, 0.25) is 0 Å². The molecule has 0 spiro atoms. The van der Waals surface area contributed by atoms with Crippen molar-refractivity contribution in [2.45, 2.75) is 117 Å². The maximum Gasteiger partial charge on any atom is 0.303 e. The second-order valence-electron chi connectivity index (χ2n) is 12.2. The van der Waals surface area contributed by atoms with Crippen molar-refractivity contribution in [3.05, 3.63) is 23.8 Å². The first-order chi connectivity index (χ1) is 26.3. The number of hydrogen-bond acceptors (Lipinski definition) is 21. The van der Waals surface area contributed by atoms with Crippen molar-refractivity contribution >= 4 is 54.0 Å². The Morgan fingerprint density at radius 1 is 0.464 bits per heavy atom. The molecule has 10 atom stereocenters. The van der Waals surface area contributed by atoms with E-state index in [0.717, 1.165) is 55.4 Å². The van der Waals surface area contributed by atoms with Gasteiger partial charge >= 0.3 is 47.8 Å². The molecule has 3 rings (SSSR count). The molecule has 0 aromatic heterocycles. The molecule has 0 saturated carbocycles. The van der Waals surface area contributed by atoms with Gasteiger partial charge in [0.15, 0.2) is 24.4 Å². The lowest BCUT2D eigenvalue weighted by Crippen LogP contribution is -2.63. The first-order valence-electron chi connectivity index (χ1n) is 16.8. The quantitative estimate of drug-likeness (QED) is 0.132. The Hall–Kier alpha value is -5.83. The number of hydrogen-bond donors (Lipinski definition) is 0. The molecule has 0 amide bonds. The summed E-state index contributed by atoms with van der Waals surface area (Å²) >= 11 is 0. The Balaban J connectivity index is 2.10. The van der Waals surface area contributed by atoms with Crippen LogP contribution < -0.4 is 9.47 Å². The second-order valence-corrected chi connectivity index (χ2v) is 12.2. The largest absolute Gasteiger partial charge is 0.463 e. The molecule has 56 heavy (non-hydrogen) atoms. The fourth-order valence-electron chi connectivity index (χ4n) is 5.63. The van der Waals surface area contributed by atoms with Gasteiger partial charge in [0.05, 0.1) is 0 Å². The van der Waals surface area contributed by atoms with E-state index in [9.17, 15) is 43.2 Å². The molecule has 2 saturated heterocycles. The van der Waals surface area contributed by atoms with E-state index in [1.807, 2.05) is 0 Å². The molecule has 308 valence electrons. The predicted molar refractivity (Wildman–Crippen MR) is 177 cm³/mol. The van der Waals surface area contributed by atoms with Crippen molar-refractivity contribution in [2.24, 2.45) is 0 Å². The molecule has 1 aromatic carbocycles. The maximum absolute atomic E-state index is 12.3. The Morgan fingerprint density at radius 2 is 0.768 bits per heavy atom. The minimum Gasteiger partial charge on any atom is -0.463 e. The summed E-state index contributed by atoms with van der Waals surface area (Å²) in [6, 6.07) is 3.57. The summed E-state index contributed by atoms with van der Waals surface area (Å²) in [5.74, 6) is -7.24. The van der Waals surface area contributed by atoms with E-state index in [1.165, 1.54) is 18.2 Å². The van der Waals surface area contributed by atoms with Gasteiger partial charge in [0.2, 0.25) is 24.8 Å². The van der Waals surface area contributed by atoms with Crippen LogP contribution in [-0.2, 0) is 85.7 Å². The Labute approximate surface area is 319 Å². The molecule has 0 aliphatic carbocycles. The number of ether oxygens (including phenoxy) is 12. The molecule has 0 bridgehead atoms. The molecule has 2 heterocycles. The van der Waals surface area contributed by atoms with Crippen LogP contribution in [0.3, 0.4) is 0 Å². The lowest BCUT2D eigenvalue weighted by Gasteiger charge is -2.44. The van der Waals surface area contributed by atoms with Crippen LogP contribution in [0.1, 0.15) is 65.7 Å². The normalized spacial score (nSPS) is 26.9. The van der Waals surface area contributed by atoms with E-state index in [4.69, 9.17) is 56.8 Å². The van der Waals surface area contributed by atoms with Gasteiger partial charge in [0, 0.05) is 67.0 Å². The van der Waals surface area contributed by atoms with Crippen LogP contribution in [0.4, 0.5) is 0 Å². The summed E-state index contributed by atoms with van der Waals surface area (Å²) < 4.78 is 66.6. The lowest BCUT2D eigenvalue weighted by atomic mass is 9.98. The van der Waals surface area contributed by atoms with Crippen LogP contribution in [0.5, 0.6) is 11.5 Å². The number of carbonyl (C=O) groups excluding carboxylic acids is 9. The monoisotopic (exact) mass is 798 g/mol. The van der Waals surface area contributed by atoms with Crippen molar-refractivity contribution in [3.8, 4) is 11.5 Å². The zero-order valence-electron chi connectivity index (χ0n) is 31.6. The molecular formula is C35H42O21. The third kappa shape index (κ3) is 13.2. The highest BCUT2D eigenvalue weighted by atomic mass is 16.8. The predicted octanol–water partition coefficient (Wildman–Crippen LogP) is 0.423. The summed E-state index contributed by atoms with van der Waals surface area (Å²) in [5, 5.41) is 0. The molecule has 2 aliphatic heterocycles.